The first-order chi connectivity index (χ1) is 9.70. The number of hydrogen-bond donors (Lipinski definition) is 0. The van der Waals surface area contributed by atoms with Crippen molar-refractivity contribution in [2.75, 3.05) is 0 Å². The van der Waals surface area contributed by atoms with E-state index < -0.39 is 0 Å². The highest BCUT2D eigenvalue weighted by Gasteiger charge is 2.06. The van der Waals surface area contributed by atoms with Crippen molar-refractivity contribution in [1.29, 1.82) is 0 Å². The molecule has 20 heavy (non-hydrogen) atoms. The third kappa shape index (κ3) is 2.85. The van der Waals surface area contributed by atoms with Crippen LogP contribution in [-0.4, -0.2) is 20.2 Å². The van der Waals surface area contributed by atoms with Crippen LogP contribution >= 0.6 is 15.9 Å². The highest BCUT2D eigenvalue weighted by Crippen LogP contribution is 2.19. The second-order valence-corrected chi connectivity index (χ2v) is 5.21. The lowest BCUT2D eigenvalue weighted by Gasteiger charge is -1.99. The molecule has 0 bridgehead atoms. The molecule has 1 radical (unpaired) electrons. The van der Waals surface area contributed by atoms with Crippen LogP contribution in [0.5, 0.6) is 5.75 Å². The van der Waals surface area contributed by atoms with E-state index in [4.69, 9.17) is 0 Å². The molecule has 3 rings (SSSR count). The standard InChI is InChI=1S/C14H10BrN4O/c15-12-3-1-2-11(8-12)14-16-18-19(17-14)9-10-4-6-13(20)7-5-10/h1-8H,9H2. The largest absolute Gasteiger partial charge is 0.290 e. The normalized spacial score (nSPS) is 10.7. The number of hydrogen-bond acceptors (Lipinski definition) is 3. The molecule has 1 aromatic heterocycles. The second kappa shape index (κ2) is 5.42. The van der Waals surface area contributed by atoms with Crippen LogP contribution in [0.3, 0.4) is 0 Å². The van der Waals surface area contributed by atoms with Crippen molar-refractivity contribution < 1.29 is 5.11 Å². The first-order valence-electron chi connectivity index (χ1n) is 6.00. The average molecular weight is 330 g/mol. The Morgan fingerprint density at radius 1 is 1.10 bits per heavy atom. The van der Waals surface area contributed by atoms with E-state index in [9.17, 15) is 5.11 Å². The van der Waals surface area contributed by atoms with Crippen LogP contribution in [-0.2, 0) is 11.7 Å². The zero-order valence-corrected chi connectivity index (χ0v) is 12.0. The number of tetrazole rings is 1. The molecule has 0 unspecified atom stereocenters. The summed E-state index contributed by atoms with van der Waals surface area (Å²) in [5, 5.41) is 23.4. The molecule has 0 aliphatic rings. The van der Waals surface area contributed by atoms with Gasteiger partial charge in [-0.1, -0.05) is 40.2 Å². The molecule has 0 saturated carbocycles. The number of nitrogens with zero attached hydrogens (tertiary/aromatic N) is 4. The van der Waals surface area contributed by atoms with Crippen molar-refractivity contribution in [3.8, 4) is 17.1 Å². The highest BCUT2D eigenvalue weighted by molar-refractivity contribution is 9.10. The molecule has 6 heteroatoms. The molecule has 0 atom stereocenters. The Morgan fingerprint density at radius 2 is 1.90 bits per heavy atom. The predicted molar refractivity (Wildman–Crippen MR) is 76.6 cm³/mol. The van der Waals surface area contributed by atoms with Crippen molar-refractivity contribution >= 4 is 15.9 Å². The van der Waals surface area contributed by atoms with Gasteiger partial charge >= 0.3 is 0 Å². The smallest absolute Gasteiger partial charge is 0.204 e. The summed E-state index contributed by atoms with van der Waals surface area (Å²) >= 11 is 3.41. The SMILES string of the molecule is [O]c1ccc(Cn2nnc(-c3cccc(Br)c3)n2)cc1. The minimum Gasteiger partial charge on any atom is -0.290 e. The monoisotopic (exact) mass is 329 g/mol. The van der Waals surface area contributed by atoms with Crippen LogP contribution in [0, 0.1) is 0 Å². The summed E-state index contributed by atoms with van der Waals surface area (Å²) in [5.41, 5.74) is 1.86. The summed E-state index contributed by atoms with van der Waals surface area (Å²) in [6.45, 7) is 0.487. The Labute approximate surface area is 124 Å². The number of benzene rings is 2. The van der Waals surface area contributed by atoms with Crippen molar-refractivity contribution in [2.45, 2.75) is 6.54 Å². The summed E-state index contributed by atoms with van der Waals surface area (Å²) in [6.07, 6.45) is 0. The molecule has 0 aliphatic heterocycles. The van der Waals surface area contributed by atoms with Crippen molar-refractivity contribution in [2.24, 2.45) is 0 Å². The van der Waals surface area contributed by atoms with E-state index in [2.05, 4.69) is 31.3 Å². The van der Waals surface area contributed by atoms with E-state index in [1.807, 2.05) is 24.3 Å². The van der Waals surface area contributed by atoms with Crippen molar-refractivity contribution in [3.05, 3.63) is 58.6 Å². The summed E-state index contributed by atoms with van der Waals surface area (Å²) in [5.74, 6) is 0.571. The fraction of sp³-hybridized carbons (Fsp3) is 0.0714. The lowest BCUT2D eigenvalue weighted by atomic mass is 10.2. The van der Waals surface area contributed by atoms with E-state index in [0.717, 1.165) is 15.6 Å². The Morgan fingerprint density at radius 3 is 2.65 bits per heavy atom. The lowest BCUT2D eigenvalue weighted by Crippen LogP contribution is -2.03. The molecule has 2 aromatic carbocycles. The van der Waals surface area contributed by atoms with Crippen LogP contribution in [0.15, 0.2) is 53.0 Å². The Kier molecular flexibility index (Phi) is 3.47. The van der Waals surface area contributed by atoms with E-state index in [-0.39, 0.29) is 5.75 Å². The summed E-state index contributed by atoms with van der Waals surface area (Å²) in [6, 6.07) is 14.3. The summed E-state index contributed by atoms with van der Waals surface area (Å²) < 4.78 is 0.970. The first kappa shape index (κ1) is 12.8. The van der Waals surface area contributed by atoms with Gasteiger partial charge < -0.3 is 0 Å². The van der Waals surface area contributed by atoms with Crippen LogP contribution in [0.2, 0.25) is 0 Å². The molecule has 0 aliphatic carbocycles. The first-order valence-corrected chi connectivity index (χ1v) is 6.80. The number of rotatable bonds is 3. The Balaban J connectivity index is 1.82. The van der Waals surface area contributed by atoms with Crippen molar-refractivity contribution in [3.63, 3.8) is 0 Å². The second-order valence-electron chi connectivity index (χ2n) is 4.30. The molecular formula is C14H10BrN4O. The van der Waals surface area contributed by atoms with Gasteiger partial charge in [-0.2, -0.15) is 4.80 Å². The minimum absolute atomic E-state index is 0.00451. The highest BCUT2D eigenvalue weighted by atomic mass is 79.9. The van der Waals surface area contributed by atoms with Crippen LogP contribution in [0.4, 0.5) is 0 Å². The molecule has 0 N–H and O–H groups in total. The van der Waals surface area contributed by atoms with Gasteiger partial charge in [0, 0.05) is 10.0 Å². The molecule has 0 spiro atoms. The van der Waals surface area contributed by atoms with Gasteiger partial charge in [-0.25, -0.2) is 0 Å². The Hall–Kier alpha value is -2.21. The average Bonchev–Trinajstić information content (AvgIpc) is 2.90. The van der Waals surface area contributed by atoms with Crippen LogP contribution < -0.4 is 0 Å². The zero-order chi connectivity index (χ0) is 13.9. The molecule has 99 valence electrons. The molecule has 0 saturated heterocycles. The van der Waals surface area contributed by atoms with Crippen molar-refractivity contribution in [1.82, 2.24) is 20.2 Å². The maximum Gasteiger partial charge on any atom is 0.204 e. The predicted octanol–water partition coefficient (Wildman–Crippen LogP) is 3.29. The molecule has 5 nitrogen and oxygen atoms in total. The van der Waals surface area contributed by atoms with E-state index in [1.165, 1.54) is 16.9 Å². The minimum atomic E-state index is -0.00451. The maximum atomic E-state index is 11.0. The maximum absolute atomic E-state index is 11.0. The fourth-order valence-electron chi connectivity index (χ4n) is 1.81. The number of aromatic nitrogens is 4. The van der Waals surface area contributed by atoms with Gasteiger partial charge in [0.25, 0.3) is 0 Å². The summed E-state index contributed by atoms with van der Waals surface area (Å²) in [7, 11) is 0. The van der Waals surface area contributed by atoms with Gasteiger partial charge in [0.2, 0.25) is 5.82 Å². The molecular weight excluding hydrogens is 320 g/mol. The Bertz CT molecular complexity index is 724. The molecule has 0 amide bonds. The number of halogens is 1. The van der Waals surface area contributed by atoms with Gasteiger partial charge in [0.05, 0.1) is 6.54 Å². The van der Waals surface area contributed by atoms with E-state index in [0.29, 0.717) is 12.4 Å². The summed E-state index contributed by atoms with van der Waals surface area (Å²) in [4.78, 5) is 1.51. The topological polar surface area (TPSA) is 63.5 Å². The molecule has 1 heterocycles. The lowest BCUT2D eigenvalue weighted by molar-refractivity contribution is 0.354. The van der Waals surface area contributed by atoms with E-state index >= 15 is 0 Å². The van der Waals surface area contributed by atoms with Gasteiger partial charge in [0.1, 0.15) is 0 Å². The third-order valence-electron chi connectivity index (χ3n) is 2.78. The van der Waals surface area contributed by atoms with Gasteiger partial charge in [-0.15, -0.1) is 10.2 Å². The van der Waals surface area contributed by atoms with E-state index in [1.54, 1.807) is 12.1 Å². The van der Waals surface area contributed by atoms with Crippen LogP contribution in [0.1, 0.15) is 5.56 Å². The third-order valence-corrected chi connectivity index (χ3v) is 3.28. The quantitative estimate of drug-likeness (QED) is 0.740. The van der Waals surface area contributed by atoms with Gasteiger partial charge in [0.15, 0.2) is 5.75 Å². The molecule has 3 aromatic rings. The molecule has 0 fully saturated rings. The fourth-order valence-corrected chi connectivity index (χ4v) is 2.21. The van der Waals surface area contributed by atoms with Crippen LogP contribution in [0.25, 0.3) is 11.4 Å². The van der Waals surface area contributed by atoms with Gasteiger partial charge in [-0.05, 0) is 35.0 Å². The zero-order valence-electron chi connectivity index (χ0n) is 10.4. The van der Waals surface area contributed by atoms with Gasteiger partial charge in [-0.3, -0.25) is 5.11 Å².